The molecule has 1 heterocycles. The number of nitrogens with zero attached hydrogens (tertiary/aromatic N) is 1. The molecule has 0 saturated heterocycles. The van der Waals surface area contributed by atoms with Gasteiger partial charge in [0.15, 0.2) is 0 Å². The minimum absolute atomic E-state index is 0.0945. The van der Waals surface area contributed by atoms with E-state index in [1.54, 1.807) is 0 Å². The zero-order valence-corrected chi connectivity index (χ0v) is 37.0. The summed E-state index contributed by atoms with van der Waals surface area (Å²) in [4.78, 5) is 5.58. The van der Waals surface area contributed by atoms with Gasteiger partial charge in [-0.15, -0.1) is 0 Å². The first-order valence-corrected chi connectivity index (χ1v) is 23.9. The largest absolute Gasteiger partial charge is 0.277 e. The van der Waals surface area contributed by atoms with Crippen LogP contribution in [0.25, 0.3) is 50.1 Å². The van der Waals surface area contributed by atoms with Crippen LogP contribution < -0.4 is 0 Å². The van der Waals surface area contributed by atoms with Crippen molar-refractivity contribution < 1.29 is 0 Å². The van der Waals surface area contributed by atoms with Gasteiger partial charge in [0.1, 0.15) is 0 Å². The van der Waals surface area contributed by atoms with Crippen LogP contribution in [0, 0.1) is 0 Å². The van der Waals surface area contributed by atoms with Crippen molar-refractivity contribution in [3.8, 4) is 44.5 Å². The third-order valence-electron chi connectivity index (χ3n) is 15.2. The van der Waals surface area contributed by atoms with E-state index in [-0.39, 0.29) is 11.5 Å². The third kappa shape index (κ3) is 6.10. The van der Waals surface area contributed by atoms with Gasteiger partial charge in [-0.1, -0.05) is 218 Å². The molecule has 0 saturated carbocycles. The van der Waals surface area contributed by atoms with Crippen molar-refractivity contribution >= 4 is 11.3 Å². The van der Waals surface area contributed by atoms with Crippen molar-refractivity contribution in [2.75, 3.05) is 0 Å². The maximum absolute atomic E-state index is 5.58. The molecule has 4 aliphatic rings. The highest BCUT2D eigenvalue weighted by atomic mass is 14.8. The molecule has 1 nitrogen and oxygen atoms in total. The van der Waals surface area contributed by atoms with E-state index in [2.05, 4.69) is 224 Å². The van der Waals surface area contributed by atoms with E-state index in [9.17, 15) is 0 Å². The molecule has 1 aliphatic heterocycles. The van der Waals surface area contributed by atoms with Crippen molar-refractivity contribution in [3.05, 3.63) is 280 Å². The van der Waals surface area contributed by atoms with E-state index in [1.807, 2.05) is 0 Å². The molecule has 2 unspecified atom stereocenters. The molecule has 13 rings (SSSR count). The Kier molecular flexibility index (Phi) is 9.31. The van der Waals surface area contributed by atoms with E-state index in [0.717, 1.165) is 43.4 Å². The minimum atomic E-state index is -0.336. The summed E-state index contributed by atoms with van der Waals surface area (Å²) in [7, 11) is 0. The van der Waals surface area contributed by atoms with Crippen LogP contribution in [0.15, 0.2) is 229 Å². The highest BCUT2D eigenvalue weighted by molar-refractivity contribution is 6.12. The van der Waals surface area contributed by atoms with Gasteiger partial charge in [-0.3, -0.25) is 4.99 Å². The SMILES string of the molecule is C1=C(c2ccccc2)CCCC(c2ccc(CCC3c4ccccc4-c4c3ccc3c4-c4ccccc4C34c3ccccc3-c3ccccc34)cc2)N=C1c1ccc(-c2ccccc2)cc1. The predicted molar refractivity (Wildman–Crippen MR) is 274 cm³/mol. The monoisotopic (exact) mass is 843 g/mol. The summed E-state index contributed by atoms with van der Waals surface area (Å²) in [5.74, 6) is 0.324. The molecule has 0 fully saturated rings. The summed E-state index contributed by atoms with van der Waals surface area (Å²) in [5, 5.41) is 0. The number of aliphatic imine (C=N–C) groups is 1. The summed E-state index contributed by atoms with van der Waals surface area (Å²) < 4.78 is 0. The zero-order valence-electron chi connectivity index (χ0n) is 37.0. The highest BCUT2D eigenvalue weighted by Gasteiger charge is 2.53. The van der Waals surface area contributed by atoms with Crippen molar-refractivity contribution in [1.29, 1.82) is 0 Å². The van der Waals surface area contributed by atoms with E-state index in [0.29, 0.717) is 5.92 Å². The molecule has 9 aromatic carbocycles. The van der Waals surface area contributed by atoms with Crippen LogP contribution >= 0.6 is 0 Å². The summed E-state index contributed by atoms with van der Waals surface area (Å²) in [5.41, 5.74) is 26.5. The number of rotatable bonds is 7. The van der Waals surface area contributed by atoms with Crippen LogP contribution in [0.5, 0.6) is 0 Å². The van der Waals surface area contributed by atoms with Gasteiger partial charge in [0, 0.05) is 5.92 Å². The topological polar surface area (TPSA) is 12.4 Å². The van der Waals surface area contributed by atoms with Gasteiger partial charge in [-0.2, -0.15) is 0 Å². The summed E-state index contributed by atoms with van der Waals surface area (Å²) >= 11 is 0. The second kappa shape index (κ2) is 15.8. The van der Waals surface area contributed by atoms with E-state index < -0.39 is 0 Å². The maximum atomic E-state index is 5.58. The predicted octanol–water partition coefficient (Wildman–Crippen LogP) is 16.2. The molecule has 2 atom stereocenters. The third-order valence-corrected chi connectivity index (χ3v) is 15.2. The molecule has 1 heteroatoms. The second-order valence-corrected chi connectivity index (χ2v) is 18.7. The van der Waals surface area contributed by atoms with Gasteiger partial charge in [-0.25, -0.2) is 0 Å². The number of hydrogen-bond acceptors (Lipinski definition) is 1. The Hall–Kier alpha value is -7.61. The summed E-state index contributed by atoms with van der Waals surface area (Å²) in [6.45, 7) is 0. The Balaban J connectivity index is 0.827. The smallest absolute Gasteiger partial charge is 0.0756 e. The quantitative estimate of drug-likeness (QED) is 0.152. The number of allylic oxidation sites excluding steroid dienone is 2. The molecule has 0 bridgehead atoms. The Morgan fingerprint density at radius 3 is 1.68 bits per heavy atom. The molecule has 9 aromatic rings. The molecule has 1 spiro atoms. The van der Waals surface area contributed by atoms with E-state index in [1.165, 1.54) is 100 Å². The van der Waals surface area contributed by atoms with Crippen LogP contribution in [0.1, 0.15) is 93.3 Å². The fourth-order valence-corrected chi connectivity index (χ4v) is 12.2. The van der Waals surface area contributed by atoms with E-state index >= 15 is 0 Å². The zero-order chi connectivity index (χ0) is 43.6. The summed E-state index contributed by atoms with van der Waals surface area (Å²) in [6.07, 6.45) is 7.54. The Morgan fingerprint density at radius 2 is 0.985 bits per heavy atom. The number of hydrogen-bond donors (Lipinski definition) is 0. The first-order chi connectivity index (χ1) is 32.7. The highest BCUT2D eigenvalue weighted by Crippen LogP contribution is 2.66. The molecule has 0 radical (unpaired) electrons. The normalized spacial score (nSPS) is 17.0. The Bertz CT molecular complexity index is 3330. The first kappa shape index (κ1) is 38.8. The molecule has 314 valence electrons. The van der Waals surface area contributed by atoms with Crippen LogP contribution in [-0.4, -0.2) is 5.71 Å². The van der Waals surface area contributed by atoms with Crippen molar-refractivity contribution in [2.24, 2.45) is 4.99 Å². The molecule has 0 amide bonds. The van der Waals surface area contributed by atoms with Gasteiger partial charge in [0.05, 0.1) is 17.2 Å². The Labute approximate surface area is 388 Å². The lowest BCUT2D eigenvalue weighted by atomic mass is 9.70. The van der Waals surface area contributed by atoms with Gasteiger partial charge >= 0.3 is 0 Å². The average Bonchev–Trinajstić information content (AvgIpc) is 3.98. The molecule has 66 heavy (non-hydrogen) atoms. The first-order valence-electron chi connectivity index (χ1n) is 23.9. The van der Waals surface area contributed by atoms with Crippen LogP contribution in [0.4, 0.5) is 0 Å². The standard InChI is InChI=1S/C65H49N/c1-3-16-44(17-4-1)46-35-37-48(38-36-46)62-42-49(45-18-5-2-6-19-45)20-15-29-61(66-62)47-33-30-43(31-34-47)32-39-51-50-21-7-8-24-54(50)63-55(51)40-41-60-64(63)56-25-11-14-28-59(56)65(60)57-26-12-9-22-52(57)53-23-10-13-27-58(53)65/h1-14,16-19,21-28,30-31,33-38,40-42,51,61H,15,20,29,32,39H2. The van der Waals surface area contributed by atoms with Gasteiger partial charge in [0.2, 0.25) is 0 Å². The fourth-order valence-electron chi connectivity index (χ4n) is 12.2. The lowest BCUT2D eigenvalue weighted by Gasteiger charge is -2.30. The van der Waals surface area contributed by atoms with Crippen molar-refractivity contribution in [3.63, 3.8) is 0 Å². The average molecular weight is 844 g/mol. The lowest BCUT2D eigenvalue weighted by Crippen LogP contribution is -2.25. The van der Waals surface area contributed by atoms with Crippen LogP contribution in [0.3, 0.4) is 0 Å². The number of fused-ring (bicyclic) bond motifs is 14. The minimum Gasteiger partial charge on any atom is -0.277 e. The fraction of sp³-hybridized carbons (Fsp3) is 0.123. The van der Waals surface area contributed by atoms with Crippen molar-refractivity contribution in [2.45, 2.75) is 49.5 Å². The second-order valence-electron chi connectivity index (χ2n) is 18.7. The molecular weight excluding hydrogens is 795 g/mol. The maximum Gasteiger partial charge on any atom is 0.0756 e. The molecule has 3 aliphatic carbocycles. The molecule has 0 aromatic heterocycles. The Morgan fingerprint density at radius 1 is 0.424 bits per heavy atom. The van der Waals surface area contributed by atoms with E-state index in [4.69, 9.17) is 4.99 Å². The molecular formula is C65H49N. The molecule has 0 N–H and O–H groups in total. The van der Waals surface area contributed by atoms with Gasteiger partial charge in [0.25, 0.3) is 0 Å². The van der Waals surface area contributed by atoms with Crippen LogP contribution in [-0.2, 0) is 11.8 Å². The van der Waals surface area contributed by atoms with Crippen molar-refractivity contribution in [1.82, 2.24) is 0 Å². The van der Waals surface area contributed by atoms with Crippen LogP contribution in [0.2, 0.25) is 0 Å². The number of benzene rings is 9. The van der Waals surface area contributed by atoms with Gasteiger partial charge in [-0.05, 0) is 144 Å². The van der Waals surface area contributed by atoms with Gasteiger partial charge < -0.3 is 0 Å². The summed E-state index contributed by atoms with van der Waals surface area (Å²) in [6, 6.07) is 81.8. The lowest BCUT2D eigenvalue weighted by molar-refractivity contribution is 0.620. The number of aryl methyl sites for hydroxylation is 1.